The molecule has 1 atom stereocenters. The Morgan fingerprint density at radius 1 is 0.949 bits per heavy atom. The third-order valence-electron chi connectivity index (χ3n) is 7.13. The van der Waals surface area contributed by atoms with E-state index in [2.05, 4.69) is 27.8 Å². The zero-order valence-corrected chi connectivity index (χ0v) is 23.6. The number of hydrogen-bond acceptors (Lipinski definition) is 5. The van der Waals surface area contributed by atoms with Gasteiger partial charge in [-0.2, -0.15) is 0 Å². The van der Waals surface area contributed by atoms with Crippen molar-refractivity contribution in [2.24, 2.45) is 5.92 Å². The number of nitrogens with zero attached hydrogens (tertiary/aromatic N) is 2. The molecule has 0 spiro atoms. The monoisotopic (exact) mass is 546 g/mol. The Hall–Kier alpha value is -3.52. The van der Waals surface area contributed by atoms with E-state index in [9.17, 15) is 14.4 Å². The van der Waals surface area contributed by atoms with Gasteiger partial charge in [0, 0.05) is 17.3 Å². The predicted molar refractivity (Wildman–Crippen MR) is 155 cm³/mol. The van der Waals surface area contributed by atoms with Gasteiger partial charge in [-0.05, 0) is 44.2 Å². The van der Waals surface area contributed by atoms with Crippen molar-refractivity contribution in [2.45, 2.75) is 70.9 Å². The number of carbonyl (C=O) groups is 3. The largest absolute Gasteiger partial charge is 0.349 e. The Kier molecular flexibility index (Phi) is 10.3. The second-order valence-corrected chi connectivity index (χ2v) is 11.3. The van der Waals surface area contributed by atoms with Crippen molar-refractivity contribution in [3.05, 3.63) is 82.9 Å². The lowest BCUT2D eigenvalue weighted by Crippen LogP contribution is -2.45. The van der Waals surface area contributed by atoms with Crippen LogP contribution in [0.2, 0.25) is 0 Å². The van der Waals surface area contributed by atoms with Gasteiger partial charge in [0.1, 0.15) is 6.54 Å². The smallest absolute Gasteiger partial charge is 0.245 e. The molecule has 39 heavy (non-hydrogen) atoms. The fourth-order valence-corrected chi connectivity index (χ4v) is 5.78. The molecule has 2 aromatic carbocycles. The topological polar surface area (TPSA) is 91.4 Å². The molecule has 206 valence electrons. The zero-order valence-electron chi connectivity index (χ0n) is 22.8. The maximum absolute atomic E-state index is 13.0. The molecule has 1 saturated carbocycles. The Morgan fingerprint density at radius 3 is 2.28 bits per heavy atom. The summed E-state index contributed by atoms with van der Waals surface area (Å²) in [6, 6.07) is 19.8. The summed E-state index contributed by atoms with van der Waals surface area (Å²) in [5.74, 6) is -0.322. The van der Waals surface area contributed by atoms with Gasteiger partial charge in [0.25, 0.3) is 0 Å². The van der Waals surface area contributed by atoms with Crippen molar-refractivity contribution in [3.8, 4) is 0 Å². The van der Waals surface area contributed by atoms with Crippen LogP contribution in [0.1, 0.15) is 68.8 Å². The zero-order chi connectivity index (χ0) is 27.6. The first-order valence-corrected chi connectivity index (χ1v) is 14.7. The van der Waals surface area contributed by atoms with Gasteiger partial charge in [-0.25, -0.2) is 4.98 Å². The van der Waals surface area contributed by atoms with Gasteiger partial charge in [-0.3, -0.25) is 14.4 Å². The first-order chi connectivity index (χ1) is 18.9. The van der Waals surface area contributed by atoms with Crippen molar-refractivity contribution in [2.75, 3.05) is 11.9 Å². The van der Waals surface area contributed by atoms with Crippen LogP contribution in [-0.2, 0) is 27.2 Å². The van der Waals surface area contributed by atoms with Crippen LogP contribution in [0, 0.1) is 5.92 Å². The average Bonchev–Trinajstić information content (AvgIpc) is 3.38. The quantitative estimate of drug-likeness (QED) is 0.330. The van der Waals surface area contributed by atoms with E-state index in [1.54, 1.807) is 10.3 Å². The molecule has 1 aliphatic rings. The van der Waals surface area contributed by atoms with Crippen LogP contribution in [0.3, 0.4) is 0 Å². The van der Waals surface area contributed by atoms with Crippen molar-refractivity contribution in [3.63, 3.8) is 0 Å². The van der Waals surface area contributed by atoms with E-state index in [0.717, 1.165) is 36.8 Å². The lowest BCUT2D eigenvalue weighted by atomic mass is 9.88. The molecule has 1 aliphatic carbocycles. The summed E-state index contributed by atoms with van der Waals surface area (Å²) in [6.07, 6.45) is 5.92. The second kappa shape index (κ2) is 14.0. The van der Waals surface area contributed by atoms with Gasteiger partial charge in [-0.1, -0.05) is 79.9 Å². The van der Waals surface area contributed by atoms with E-state index in [1.807, 2.05) is 62.4 Å². The minimum Gasteiger partial charge on any atom is -0.349 e. The van der Waals surface area contributed by atoms with Crippen LogP contribution in [0.15, 0.2) is 66.0 Å². The first kappa shape index (κ1) is 28.5. The lowest BCUT2D eigenvalue weighted by Gasteiger charge is -2.31. The summed E-state index contributed by atoms with van der Waals surface area (Å²) in [4.78, 5) is 45.0. The second-order valence-electron chi connectivity index (χ2n) is 10.5. The number of amides is 3. The van der Waals surface area contributed by atoms with Crippen molar-refractivity contribution < 1.29 is 14.4 Å². The molecule has 1 fully saturated rings. The van der Waals surface area contributed by atoms with E-state index in [0.29, 0.717) is 17.2 Å². The van der Waals surface area contributed by atoms with Crippen LogP contribution < -0.4 is 10.6 Å². The van der Waals surface area contributed by atoms with Gasteiger partial charge in [-0.15, -0.1) is 11.3 Å². The van der Waals surface area contributed by atoms with E-state index >= 15 is 0 Å². The van der Waals surface area contributed by atoms with Crippen LogP contribution in [0.4, 0.5) is 5.13 Å². The normalized spacial score (nSPS) is 14.5. The third kappa shape index (κ3) is 8.48. The van der Waals surface area contributed by atoms with Crippen LogP contribution in [0.5, 0.6) is 0 Å². The maximum Gasteiger partial charge on any atom is 0.245 e. The summed E-state index contributed by atoms with van der Waals surface area (Å²) in [5, 5.41) is 8.20. The summed E-state index contributed by atoms with van der Waals surface area (Å²) in [6.45, 7) is 3.88. The maximum atomic E-state index is 13.0. The van der Waals surface area contributed by atoms with Crippen molar-refractivity contribution in [1.29, 1.82) is 0 Å². The minimum atomic E-state index is -0.273. The number of hydrogen-bond donors (Lipinski definition) is 2. The van der Waals surface area contributed by atoms with Crippen molar-refractivity contribution in [1.82, 2.24) is 15.2 Å². The average molecular weight is 547 g/mol. The number of rotatable bonds is 11. The van der Waals surface area contributed by atoms with E-state index in [-0.39, 0.29) is 48.7 Å². The molecule has 0 saturated heterocycles. The third-order valence-corrected chi connectivity index (χ3v) is 7.94. The molecular formula is C31H38N4O3S. The van der Waals surface area contributed by atoms with Crippen LogP contribution in [0.25, 0.3) is 0 Å². The number of benzene rings is 2. The van der Waals surface area contributed by atoms with Crippen LogP contribution in [-0.4, -0.2) is 40.2 Å². The highest BCUT2D eigenvalue weighted by atomic mass is 32.1. The molecule has 1 unspecified atom stereocenters. The number of aromatic nitrogens is 1. The SMILES string of the molecule is CC(C)N(CC(=O)Nc1nc(CC(=O)NC(Cc2ccccc2)c2ccccc2)cs1)C(=O)C1CCCCC1. The minimum absolute atomic E-state index is 0.000636. The van der Waals surface area contributed by atoms with E-state index in [1.165, 1.54) is 17.8 Å². The van der Waals surface area contributed by atoms with Gasteiger partial charge in [0.05, 0.1) is 18.2 Å². The number of anilines is 1. The number of thiazole rings is 1. The van der Waals surface area contributed by atoms with Crippen LogP contribution >= 0.6 is 11.3 Å². The number of nitrogens with one attached hydrogen (secondary N) is 2. The molecule has 0 bridgehead atoms. The van der Waals surface area contributed by atoms with Gasteiger partial charge >= 0.3 is 0 Å². The number of carbonyl (C=O) groups excluding carboxylic acids is 3. The predicted octanol–water partition coefficient (Wildman–Crippen LogP) is 5.54. The molecule has 4 rings (SSSR count). The molecule has 7 nitrogen and oxygen atoms in total. The Bertz CT molecular complexity index is 1220. The molecule has 8 heteroatoms. The molecule has 3 amide bonds. The molecule has 1 aromatic heterocycles. The molecular weight excluding hydrogens is 508 g/mol. The molecule has 3 aromatic rings. The van der Waals surface area contributed by atoms with Gasteiger partial charge < -0.3 is 15.5 Å². The molecule has 1 heterocycles. The van der Waals surface area contributed by atoms with Gasteiger partial charge in [0.15, 0.2) is 5.13 Å². The molecule has 2 N–H and O–H groups in total. The van der Waals surface area contributed by atoms with Gasteiger partial charge in [0.2, 0.25) is 17.7 Å². The van der Waals surface area contributed by atoms with Crippen molar-refractivity contribution >= 4 is 34.2 Å². The molecule has 0 aliphatic heterocycles. The highest BCUT2D eigenvalue weighted by Crippen LogP contribution is 2.26. The molecule has 0 radical (unpaired) electrons. The summed E-state index contributed by atoms with van der Waals surface area (Å²) >= 11 is 1.28. The first-order valence-electron chi connectivity index (χ1n) is 13.8. The summed E-state index contributed by atoms with van der Waals surface area (Å²) < 4.78 is 0. The van der Waals surface area contributed by atoms with E-state index < -0.39 is 0 Å². The Morgan fingerprint density at radius 2 is 1.62 bits per heavy atom. The Balaban J connectivity index is 1.33. The highest BCUT2D eigenvalue weighted by molar-refractivity contribution is 7.13. The lowest BCUT2D eigenvalue weighted by molar-refractivity contribution is -0.141. The fraction of sp³-hybridized carbons (Fsp3) is 0.419. The van der Waals surface area contributed by atoms with E-state index in [4.69, 9.17) is 0 Å². The Labute approximate surface area is 235 Å². The standard InChI is InChI=1S/C31H38N4O3S/c1-22(2)35(30(38)25-16-10-5-11-17-25)20-29(37)34-31-32-26(21-39-31)19-28(36)33-27(24-14-8-4-9-15-24)18-23-12-6-3-7-13-23/h3-4,6-9,12-15,21-22,25,27H,5,10-11,16-20H2,1-2H3,(H,33,36)(H,32,34,37). The highest BCUT2D eigenvalue weighted by Gasteiger charge is 2.29. The fourth-order valence-electron chi connectivity index (χ4n) is 5.06. The summed E-state index contributed by atoms with van der Waals surface area (Å²) in [7, 11) is 0. The summed E-state index contributed by atoms with van der Waals surface area (Å²) in [5.41, 5.74) is 2.78.